The number of rotatable bonds is 7. The van der Waals surface area contributed by atoms with Crippen LogP contribution in [0.5, 0.6) is 0 Å². The Hall–Kier alpha value is -0.680. The highest BCUT2D eigenvalue weighted by Crippen LogP contribution is 2.26. The van der Waals surface area contributed by atoms with E-state index in [4.69, 9.17) is 18.0 Å². The van der Waals surface area contributed by atoms with Crippen molar-refractivity contribution in [3.8, 4) is 0 Å². The fourth-order valence-electron chi connectivity index (χ4n) is 1.81. The van der Waals surface area contributed by atoms with Crippen LogP contribution < -0.4 is 5.73 Å². The average molecular weight is 243 g/mol. The fraction of sp³-hybridized carbons (Fsp3) is 0.818. The zero-order valence-corrected chi connectivity index (χ0v) is 10.9. The van der Waals surface area contributed by atoms with Crippen LogP contribution >= 0.6 is 12.2 Å². The Bertz CT molecular complexity index is 266. The Morgan fingerprint density at radius 3 is 2.31 bits per heavy atom. The van der Waals surface area contributed by atoms with Gasteiger partial charge < -0.3 is 10.6 Å². The standard InChI is InChI=1S/C11H21N3OS/c1-3-13(7-10(12)16)8-11(15)14(4-2)9-5-6-9/h9H,3-8H2,1-2H3,(H2,12,16). The lowest BCUT2D eigenvalue weighted by molar-refractivity contribution is -0.132. The van der Waals surface area contributed by atoms with Crippen molar-refractivity contribution in [1.29, 1.82) is 0 Å². The molecule has 0 heterocycles. The first-order valence-corrected chi connectivity index (χ1v) is 6.29. The van der Waals surface area contributed by atoms with Crippen molar-refractivity contribution in [2.24, 2.45) is 5.73 Å². The molecule has 16 heavy (non-hydrogen) atoms. The number of hydrogen-bond acceptors (Lipinski definition) is 3. The van der Waals surface area contributed by atoms with Crippen LogP contribution in [0.2, 0.25) is 0 Å². The highest BCUT2D eigenvalue weighted by Gasteiger charge is 2.31. The molecule has 0 radical (unpaired) electrons. The number of nitrogens with two attached hydrogens (primary N) is 1. The van der Waals surface area contributed by atoms with Crippen LogP contribution in [0, 0.1) is 0 Å². The maximum Gasteiger partial charge on any atom is 0.236 e. The summed E-state index contributed by atoms with van der Waals surface area (Å²) < 4.78 is 0. The quantitative estimate of drug-likeness (QED) is 0.666. The van der Waals surface area contributed by atoms with Crippen LogP contribution in [0.1, 0.15) is 26.7 Å². The zero-order valence-electron chi connectivity index (χ0n) is 10.1. The number of carbonyl (C=O) groups is 1. The minimum Gasteiger partial charge on any atom is -0.392 e. The third-order valence-corrected chi connectivity index (χ3v) is 2.96. The van der Waals surface area contributed by atoms with Gasteiger partial charge in [0.15, 0.2) is 0 Å². The molecule has 0 aliphatic heterocycles. The molecule has 0 spiro atoms. The molecule has 92 valence electrons. The van der Waals surface area contributed by atoms with E-state index in [1.807, 2.05) is 23.6 Å². The summed E-state index contributed by atoms with van der Waals surface area (Å²) >= 11 is 4.86. The second-order valence-corrected chi connectivity index (χ2v) is 4.70. The predicted molar refractivity (Wildman–Crippen MR) is 69.3 cm³/mol. The monoisotopic (exact) mass is 243 g/mol. The summed E-state index contributed by atoms with van der Waals surface area (Å²) in [5, 5.41) is 0. The van der Waals surface area contributed by atoms with Crippen molar-refractivity contribution in [3.63, 3.8) is 0 Å². The van der Waals surface area contributed by atoms with Gasteiger partial charge in [-0.2, -0.15) is 0 Å². The Kier molecular flexibility index (Phi) is 5.15. The Balaban J connectivity index is 2.43. The average Bonchev–Trinajstić information content (AvgIpc) is 3.01. The Morgan fingerprint density at radius 1 is 1.31 bits per heavy atom. The van der Waals surface area contributed by atoms with E-state index in [9.17, 15) is 4.79 Å². The highest BCUT2D eigenvalue weighted by atomic mass is 32.1. The first kappa shape index (κ1) is 13.4. The van der Waals surface area contributed by atoms with Crippen molar-refractivity contribution < 1.29 is 4.79 Å². The summed E-state index contributed by atoms with van der Waals surface area (Å²) in [6, 6.07) is 0.487. The van der Waals surface area contributed by atoms with E-state index in [0.717, 1.165) is 25.9 Å². The molecule has 1 rings (SSSR count). The summed E-state index contributed by atoms with van der Waals surface area (Å²) in [4.78, 5) is 16.4. The molecule has 0 bridgehead atoms. The number of hydrogen-bond donors (Lipinski definition) is 1. The van der Waals surface area contributed by atoms with Gasteiger partial charge in [-0.25, -0.2) is 0 Å². The Labute approximate surface area is 103 Å². The van der Waals surface area contributed by atoms with Gasteiger partial charge in [-0.05, 0) is 26.3 Å². The van der Waals surface area contributed by atoms with Crippen LogP contribution in [0.4, 0.5) is 0 Å². The highest BCUT2D eigenvalue weighted by molar-refractivity contribution is 7.80. The molecule has 1 amide bonds. The molecule has 0 aromatic rings. The van der Waals surface area contributed by atoms with E-state index in [2.05, 4.69) is 0 Å². The van der Waals surface area contributed by atoms with E-state index < -0.39 is 0 Å². The molecule has 1 saturated carbocycles. The van der Waals surface area contributed by atoms with Crippen LogP contribution in [0.15, 0.2) is 0 Å². The lowest BCUT2D eigenvalue weighted by atomic mass is 10.4. The van der Waals surface area contributed by atoms with E-state index in [0.29, 0.717) is 24.1 Å². The van der Waals surface area contributed by atoms with E-state index in [1.54, 1.807) is 0 Å². The molecule has 1 aliphatic rings. The second kappa shape index (κ2) is 6.15. The number of carbonyl (C=O) groups excluding carboxylic acids is 1. The largest absolute Gasteiger partial charge is 0.392 e. The predicted octanol–water partition coefficient (Wildman–Crippen LogP) is 0.605. The van der Waals surface area contributed by atoms with Crippen molar-refractivity contribution in [2.75, 3.05) is 26.2 Å². The summed E-state index contributed by atoms with van der Waals surface area (Å²) in [7, 11) is 0. The minimum atomic E-state index is 0.197. The molecule has 4 nitrogen and oxygen atoms in total. The van der Waals surface area contributed by atoms with Gasteiger partial charge in [0, 0.05) is 19.1 Å². The summed E-state index contributed by atoms with van der Waals surface area (Å²) in [6.45, 7) is 6.59. The number of nitrogens with zero attached hydrogens (tertiary/aromatic N) is 2. The van der Waals surface area contributed by atoms with Gasteiger partial charge in [0.2, 0.25) is 5.91 Å². The van der Waals surface area contributed by atoms with Gasteiger partial charge >= 0.3 is 0 Å². The first-order chi connectivity index (χ1) is 7.58. The number of thiocarbonyl (C=S) groups is 1. The van der Waals surface area contributed by atoms with Crippen LogP contribution in [0.3, 0.4) is 0 Å². The molecular formula is C11H21N3OS. The van der Waals surface area contributed by atoms with E-state index in [-0.39, 0.29) is 5.91 Å². The Morgan fingerprint density at radius 2 is 1.94 bits per heavy atom. The minimum absolute atomic E-state index is 0.197. The molecule has 2 N–H and O–H groups in total. The van der Waals surface area contributed by atoms with Gasteiger partial charge in [-0.15, -0.1) is 0 Å². The summed E-state index contributed by atoms with van der Waals surface area (Å²) in [5.41, 5.74) is 5.49. The fourth-order valence-corrected chi connectivity index (χ4v) is 1.99. The smallest absolute Gasteiger partial charge is 0.236 e. The topological polar surface area (TPSA) is 49.6 Å². The maximum absolute atomic E-state index is 12.0. The van der Waals surface area contributed by atoms with Crippen LogP contribution in [-0.2, 0) is 4.79 Å². The molecule has 1 fully saturated rings. The molecule has 5 heteroatoms. The van der Waals surface area contributed by atoms with Crippen LogP contribution in [-0.4, -0.2) is 52.9 Å². The van der Waals surface area contributed by atoms with Gasteiger partial charge in [0.25, 0.3) is 0 Å². The second-order valence-electron chi connectivity index (χ2n) is 4.18. The normalized spacial score (nSPS) is 15.2. The van der Waals surface area contributed by atoms with Gasteiger partial charge in [0.05, 0.1) is 11.5 Å². The lowest BCUT2D eigenvalue weighted by Crippen LogP contribution is -2.43. The molecule has 0 unspecified atom stereocenters. The molecule has 1 aliphatic carbocycles. The van der Waals surface area contributed by atoms with Crippen LogP contribution in [0.25, 0.3) is 0 Å². The van der Waals surface area contributed by atoms with Crippen molar-refractivity contribution in [3.05, 3.63) is 0 Å². The third kappa shape index (κ3) is 4.06. The molecule has 0 aromatic carbocycles. The molecule has 0 aromatic heterocycles. The van der Waals surface area contributed by atoms with Gasteiger partial charge in [-0.3, -0.25) is 9.69 Å². The summed E-state index contributed by atoms with van der Waals surface area (Å²) in [5.74, 6) is 0.197. The third-order valence-electron chi connectivity index (χ3n) is 2.83. The van der Waals surface area contributed by atoms with Crippen molar-refractivity contribution in [1.82, 2.24) is 9.80 Å². The van der Waals surface area contributed by atoms with Crippen molar-refractivity contribution >= 4 is 23.1 Å². The molecule has 0 saturated heterocycles. The lowest BCUT2D eigenvalue weighted by Gasteiger charge is -2.25. The number of likely N-dealkylation sites (N-methyl/N-ethyl adjacent to an activating group) is 2. The zero-order chi connectivity index (χ0) is 12.1. The van der Waals surface area contributed by atoms with E-state index in [1.165, 1.54) is 0 Å². The SMILES string of the molecule is CCN(CC(=O)N(CC)C1CC1)CC(N)=S. The van der Waals surface area contributed by atoms with Gasteiger partial charge in [-0.1, -0.05) is 19.1 Å². The molecule has 0 atom stereocenters. The van der Waals surface area contributed by atoms with E-state index >= 15 is 0 Å². The summed E-state index contributed by atoms with van der Waals surface area (Å²) in [6.07, 6.45) is 2.31. The number of amides is 1. The molecular weight excluding hydrogens is 222 g/mol. The van der Waals surface area contributed by atoms with Gasteiger partial charge in [0.1, 0.15) is 0 Å². The maximum atomic E-state index is 12.0. The first-order valence-electron chi connectivity index (χ1n) is 5.88. The van der Waals surface area contributed by atoms with Crippen molar-refractivity contribution in [2.45, 2.75) is 32.7 Å².